The van der Waals surface area contributed by atoms with Crippen LogP contribution in [0.25, 0.3) is 0 Å². The maximum atomic E-state index is 13.1. The SMILES string of the molecule is CC(C)C1N=C(c2ccccc2)c2cc(C(F)(F)F)ccc2NC1=O. The van der Waals surface area contributed by atoms with Crippen molar-refractivity contribution < 1.29 is 18.0 Å². The van der Waals surface area contributed by atoms with Gasteiger partial charge < -0.3 is 5.32 Å². The largest absolute Gasteiger partial charge is 0.416 e. The second-order valence-corrected chi connectivity index (χ2v) is 6.28. The summed E-state index contributed by atoms with van der Waals surface area (Å²) in [5.74, 6) is -0.406. The molecular weight excluding hydrogens is 329 g/mol. The van der Waals surface area contributed by atoms with Crippen molar-refractivity contribution in [1.82, 2.24) is 0 Å². The molecule has 1 atom stereocenters. The van der Waals surface area contributed by atoms with E-state index in [4.69, 9.17) is 0 Å². The number of benzodiazepines with no additional fused rings is 1. The summed E-state index contributed by atoms with van der Waals surface area (Å²) in [5, 5.41) is 2.71. The predicted molar refractivity (Wildman–Crippen MR) is 90.8 cm³/mol. The summed E-state index contributed by atoms with van der Waals surface area (Å²) in [6.07, 6.45) is -4.47. The van der Waals surface area contributed by atoms with Crippen LogP contribution >= 0.6 is 0 Å². The highest BCUT2D eigenvalue weighted by Gasteiger charge is 2.33. The van der Waals surface area contributed by atoms with E-state index < -0.39 is 17.8 Å². The molecule has 0 saturated heterocycles. The molecule has 0 fully saturated rings. The van der Waals surface area contributed by atoms with E-state index in [0.29, 0.717) is 17.0 Å². The molecule has 1 heterocycles. The molecule has 0 radical (unpaired) electrons. The van der Waals surface area contributed by atoms with Crippen LogP contribution in [0.15, 0.2) is 53.5 Å². The molecule has 130 valence electrons. The lowest BCUT2D eigenvalue weighted by molar-refractivity contribution is -0.137. The average Bonchev–Trinajstić information content (AvgIpc) is 2.70. The number of carbonyl (C=O) groups is 1. The van der Waals surface area contributed by atoms with Crippen LogP contribution in [0.4, 0.5) is 18.9 Å². The number of aliphatic imine (C=N–C) groups is 1. The summed E-state index contributed by atoms with van der Waals surface area (Å²) < 4.78 is 39.4. The van der Waals surface area contributed by atoms with Gasteiger partial charge in [0.2, 0.25) is 5.91 Å². The zero-order chi connectivity index (χ0) is 18.2. The van der Waals surface area contributed by atoms with Gasteiger partial charge in [0.25, 0.3) is 0 Å². The predicted octanol–water partition coefficient (Wildman–Crippen LogP) is 4.52. The molecule has 2 aromatic rings. The van der Waals surface area contributed by atoms with Crippen LogP contribution in [-0.2, 0) is 11.0 Å². The number of amides is 1. The van der Waals surface area contributed by atoms with Crippen molar-refractivity contribution in [2.45, 2.75) is 26.1 Å². The number of benzene rings is 2. The van der Waals surface area contributed by atoms with Gasteiger partial charge in [-0.1, -0.05) is 44.2 Å². The van der Waals surface area contributed by atoms with Gasteiger partial charge in [-0.2, -0.15) is 13.2 Å². The number of fused-ring (bicyclic) bond motifs is 1. The number of hydrogen-bond donors (Lipinski definition) is 1. The Morgan fingerprint density at radius 2 is 1.76 bits per heavy atom. The van der Waals surface area contributed by atoms with Crippen LogP contribution in [0.2, 0.25) is 0 Å². The molecule has 0 bridgehead atoms. The number of hydrogen-bond acceptors (Lipinski definition) is 2. The highest BCUT2D eigenvalue weighted by molar-refractivity contribution is 6.19. The van der Waals surface area contributed by atoms with Gasteiger partial charge in [0, 0.05) is 11.1 Å². The minimum atomic E-state index is -4.47. The van der Waals surface area contributed by atoms with Crippen LogP contribution < -0.4 is 5.32 Å². The smallest absolute Gasteiger partial charge is 0.324 e. The summed E-state index contributed by atoms with van der Waals surface area (Å²) in [5.41, 5.74) is 0.900. The molecule has 0 aliphatic carbocycles. The molecule has 0 spiro atoms. The molecule has 6 heteroatoms. The number of rotatable bonds is 2. The van der Waals surface area contributed by atoms with E-state index in [1.165, 1.54) is 6.07 Å². The van der Waals surface area contributed by atoms with Crippen LogP contribution in [0.1, 0.15) is 30.5 Å². The van der Waals surface area contributed by atoms with Gasteiger partial charge in [-0.25, -0.2) is 0 Å². The third kappa shape index (κ3) is 3.43. The minimum absolute atomic E-state index is 0.0879. The molecule has 0 saturated carbocycles. The van der Waals surface area contributed by atoms with Crippen LogP contribution in [0.5, 0.6) is 0 Å². The summed E-state index contributed by atoms with van der Waals surface area (Å²) in [6, 6.07) is 11.6. The second kappa shape index (κ2) is 6.35. The highest BCUT2D eigenvalue weighted by atomic mass is 19.4. The average molecular weight is 346 g/mol. The number of anilines is 1. The quantitative estimate of drug-likeness (QED) is 0.853. The maximum absolute atomic E-state index is 13.1. The lowest BCUT2D eigenvalue weighted by Crippen LogP contribution is -2.30. The summed E-state index contributed by atoms with van der Waals surface area (Å²) >= 11 is 0. The number of alkyl halides is 3. The molecule has 3 rings (SSSR count). The van der Waals surface area contributed by atoms with Crippen molar-refractivity contribution in [3.8, 4) is 0 Å². The second-order valence-electron chi connectivity index (χ2n) is 6.28. The van der Waals surface area contributed by atoms with Crippen molar-refractivity contribution in [3.05, 3.63) is 65.2 Å². The van der Waals surface area contributed by atoms with Crippen LogP contribution in [0.3, 0.4) is 0 Å². The molecule has 1 N–H and O–H groups in total. The maximum Gasteiger partial charge on any atom is 0.416 e. The third-order valence-electron chi connectivity index (χ3n) is 4.08. The van der Waals surface area contributed by atoms with Crippen molar-refractivity contribution in [2.24, 2.45) is 10.9 Å². The Morgan fingerprint density at radius 1 is 1.08 bits per heavy atom. The fourth-order valence-electron chi connectivity index (χ4n) is 2.78. The first kappa shape index (κ1) is 17.2. The van der Waals surface area contributed by atoms with Gasteiger partial charge in [0.15, 0.2) is 0 Å². The van der Waals surface area contributed by atoms with Crippen molar-refractivity contribution in [1.29, 1.82) is 0 Å². The molecule has 1 aliphatic rings. The number of halogens is 3. The Bertz CT molecular complexity index is 826. The first-order chi connectivity index (χ1) is 11.8. The van der Waals surface area contributed by atoms with Crippen molar-refractivity contribution in [3.63, 3.8) is 0 Å². The molecular formula is C19H17F3N2O. The minimum Gasteiger partial charge on any atom is -0.324 e. The van der Waals surface area contributed by atoms with Crippen LogP contribution in [0, 0.1) is 5.92 Å². The first-order valence-corrected chi connectivity index (χ1v) is 7.93. The van der Waals surface area contributed by atoms with E-state index in [0.717, 1.165) is 12.1 Å². The lowest BCUT2D eigenvalue weighted by Gasteiger charge is -2.14. The number of nitrogens with one attached hydrogen (secondary N) is 1. The monoisotopic (exact) mass is 346 g/mol. The van der Waals surface area contributed by atoms with Gasteiger partial charge >= 0.3 is 6.18 Å². The van der Waals surface area contributed by atoms with Crippen molar-refractivity contribution in [2.75, 3.05) is 5.32 Å². The van der Waals surface area contributed by atoms with Crippen molar-refractivity contribution >= 4 is 17.3 Å². The molecule has 1 aliphatic heterocycles. The molecule has 2 aromatic carbocycles. The summed E-state index contributed by atoms with van der Waals surface area (Å²) in [6.45, 7) is 3.71. The standard InChI is InChI=1S/C19H17F3N2O/c1-11(2)16-18(25)23-15-9-8-13(19(20,21)22)10-14(15)17(24-16)12-6-4-3-5-7-12/h3-11,16H,1-2H3,(H,23,25). The number of carbonyl (C=O) groups excluding carboxylic acids is 1. The fraction of sp³-hybridized carbons (Fsp3) is 0.263. The molecule has 3 nitrogen and oxygen atoms in total. The Labute approximate surface area is 143 Å². The molecule has 25 heavy (non-hydrogen) atoms. The van der Waals surface area contributed by atoms with Gasteiger partial charge in [0.1, 0.15) is 6.04 Å². The van der Waals surface area contributed by atoms with Gasteiger partial charge in [-0.3, -0.25) is 9.79 Å². The van der Waals surface area contributed by atoms with E-state index in [1.807, 2.05) is 19.9 Å². The fourth-order valence-corrected chi connectivity index (χ4v) is 2.78. The molecule has 1 unspecified atom stereocenters. The molecule has 0 aromatic heterocycles. The van der Waals surface area contributed by atoms with E-state index in [2.05, 4.69) is 10.3 Å². The summed E-state index contributed by atoms with van der Waals surface area (Å²) in [4.78, 5) is 17.0. The topological polar surface area (TPSA) is 41.5 Å². The van der Waals surface area contributed by atoms with E-state index in [1.54, 1.807) is 24.3 Å². The zero-order valence-electron chi connectivity index (χ0n) is 13.8. The van der Waals surface area contributed by atoms with Gasteiger partial charge in [-0.15, -0.1) is 0 Å². The Balaban J connectivity index is 2.24. The van der Waals surface area contributed by atoms with Gasteiger partial charge in [-0.05, 0) is 24.1 Å². The van der Waals surface area contributed by atoms with E-state index in [9.17, 15) is 18.0 Å². The van der Waals surface area contributed by atoms with Crippen LogP contribution in [-0.4, -0.2) is 17.7 Å². The third-order valence-corrected chi connectivity index (χ3v) is 4.08. The normalized spacial score (nSPS) is 17.6. The Morgan fingerprint density at radius 3 is 2.36 bits per heavy atom. The highest BCUT2D eigenvalue weighted by Crippen LogP contribution is 2.34. The number of nitrogens with zero attached hydrogens (tertiary/aromatic N) is 1. The van der Waals surface area contributed by atoms with E-state index >= 15 is 0 Å². The Kier molecular flexibility index (Phi) is 4.37. The zero-order valence-corrected chi connectivity index (χ0v) is 13.8. The summed E-state index contributed by atoms with van der Waals surface area (Å²) in [7, 11) is 0. The lowest BCUT2D eigenvalue weighted by atomic mass is 9.98. The van der Waals surface area contributed by atoms with E-state index in [-0.39, 0.29) is 17.4 Å². The van der Waals surface area contributed by atoms with Gasteiger partial charge in [0.05, 0.1) is 17.0 Å². The molecule has 1 amide bonds. The first-order valence-electron chi connectivity index (χ1n) is 7.93. The Hall–Kier alpha value is -2.63.